The Kier molecular flexibility index (Phi) is 17.9. The van der Waals surface area contributed by atoms with E-state index in [1.165, 1.54) is 0 Å². The Bertz CT molecular complexity index is 995. The second-order valence-corrected chi connectivity index (χ2v) is 13.4. The van der Waals surface area contributed by atoms with Crippen LogP contribution in [0.4, 0.5) is 0 Å². The molecule has 47 heavy (non-hydrogen) atoms. The van der Waals surface area contributed by atoms with Gasteiger partial charge in [-0.2, -0.15) is 0 Å². The van der Waals surface area contributed by atoms with Crippen LogP contribution in [-0.4, -0.2) is 159 Å². The molecule has 268 valence electrons. The van der Waals surface area contributed by atoms with Crippen LogP contribution in [0.15, 0.2) is 0 Å². The van der Waals surface area contributed by atoms with Crippen molar-refractivity contribution in [3.8, 4) is 0 Å². The Hall–Kier alpha value is -3.14. The number of carbonyl (C=O) groups is 6. The van der Waals surface area contributed by atoms with Crippen LogP contribution in [0, 0.1) is 17.8 Å². The van der Waals surface area contributed by atoms with Gasteiger partial charge in [0.1, 0.15) is 0 Å². The molecule has 0 spiro atoms. The van der Waals surface area contributed by atoms with Gasteiger partial charge >= 0.3 is 23.9 Å². The summed E-state index contributed by atoms with van der Waals surface area (Å²) in [6.07, 6.45) is -0.0158. The molecule has 0 N–H and O–H groups in total. The zero-order valence-corrected chi connectivity index (χ0v) is 29.1. The van der Waals surface area contributed by atoms with Crippen LogP contribution in [0.5, 0.6) is 0 Å². The summed E-state index contributed by atoms with van der Waals surface area (Å²) >= 11 is 0. The van der Waals surface area contributed by atoms with E-state index >= 15 is 0 Å². The standard InChI is InChI=1S/C32H55N5O10/c1-24(2)21-44-29(40)17-33-9-11-34(18-30(41)45-22-25(3)4)13-15-36(20-32(43)47-37-27(38)7-8-28(37)39)16-14-35(12-10-33)19-31(42)46-23-26(5)6/h24-26H,7-23H2,1-6H3. The van der Waals surface area contributed by atoms with Gasteiger partial charge in [-0.1, -0.05) is 41.5 Å². The van der Waals surface area contributed by atoms with Gasteiger partial charge in [0.15, 0.2) is 0 Å². The number of rotatable bonds is 15. The van der Waals surface area contributed by atoms with Crippen LogP contribution in [0.3, 0.4) is 0 Å². The van der Waals surface area contributed by atoms with Crippen LogP contribution >= 0.6 is 0 Å². The average Bonchev–Trinajstić information content (AvgIpc) is 3.31. The van der Waals surface area contributed by atoms with Crippen molar-refractivity contribution in [2.24, 2.45) is 17.8 Å². The van der Waals surface area contributed by atoms with E-state index in [9.17, 15) is 28.8 Å². The second-order valence-electron chi connectivity index (χ2n) is 13.4. The number of amides is 2. The number of hydroxylamine groups is 2. The fourth-order valence-electron chi connectivity index (χ4n) is 4.65. The van der Waals surface area contributed by atoms with Crippen LogP contribution in [0.25, 0.3) is 0 Å². The van der Waals surface area contributed by atoms with Gasteiger partial charge in [-0.3, -0.25) is 43.6 Å². The van der Waals surface area contributed by atoms with E-state index in [1.807, 2.05) is 56.2 Å². The lowest BCUT2D eigenvalue weighted by Crippen LogP contribution is -2.49. The number of esters is 3. The molecule has 0 bridgehead atoms. The monoisotopic (exact) mass is 669 g/mol. The molecule has 2 aliphatic heterocycles. The van der Waals surface area contributed by atoms with Crippen molar-refractivity contribution in [2.45, 2.75) is 54.4 Å². The molecule has 0 aliphatic carbocycles. The van der Waals surface area contributed by atoms with Gasteiger partial charge in [-0.15, -0.1) is 5.06 Å². The average molecular weight is 670 g/mol. The predicted octanol–water partition coefficient (Wildman–Crippen LogP) is 0.413. The largest absolute Gasteiger partial charge is 0.464 e. The van der Waals surface area contributed by atoms with Crippen LogP contribution in [0.1, 0.15) is 54.4 Å². The molecule has 2 heterocycles. The molecule has 0 saturated carbocycles. The van der Waals surface area contributed by atoms with E-state index in [-0.39, 0.29) is 74.7 Å². The molecule has 2 amide bonds. The van der Waals surface area contributed by atoms with Gasteiger partial charge in [0.05, 0.1) is 46.0 Å². The molecule has 2 rings (SSSR count). The lowest BCUT2D eigenvalue weighted by molar-refractivity contribution is -0.198. The maximum absolute atomic E-state index is 12.9. The van der Waals surface area contributed by atoms with Crippen LogP contribution in [-0.2, 0) is 47.8 Å². The third-order valence-electron chi connectivity index (χ3n) is 7.27. The van der Waals surface area contributed by atoms with Crippen molar-refractivity contribution in [2.75, 3.05) is 98.4 Å². The van der Waals surface area contributed by atoms with Gasteiger partial charge in [0.25, 0.3) is 11.8 Å². The van der Waals surface area contributed by atoms with Gasteiger partial charge in [0, 0.05) is 65.2 Å². The molecule has 0 aromatic carbocycles. The number of imide groups is 1. The van der Waals surface area contributed by atoms with E-state index in [0.29, 0.717) is 77.2 Å². The van der Waals surface area contributed by atoms with Gasteiger partial charge in [-0.25, -0.2) is 4.79 Å². The van der Waals surface area contributed by atoms with Gasteiger partial charge in [-0.05, 0) is 17.8 Å². The summed E-state index contributed by atoms with van der Waals surface area (Å²) < 4.78 is 16.3. The topological polar surface area (TPSA) is 156 Å². The molecule has 15 nitrogen and oxygen atoms in total. The van der Waals surface area contributed by atoms with E-state index < -0.39 is 17.8 Å². The molecule has 15 heteroatoms. The first-order valence-electron chi connectivity index (χ1n) is 16.6. The minimum atomic E-state index is -0.766. The van der Waals surface area contributed by atoms with Crippen molar-refractivity contribution < 1.29 is 47.8 Å². The minimum Gasteiger partial charge on any atom is -0.464 e. The smallest absolute Gasteiger partial charge is 0.347 e. The molecular weight excluding hydrogens is 614 g/mol. The highest BCUT2D eigenvalue weighted by Gasteiger charge is 2.33. The molecule has 0 aromatic rings. The van der Waals surface area contributed by atoms with Crippen molar-refractivity contribution in [1.82, 2.24) is 24.7 Å². The Morgan fingerprint density at radius 3 is 1.00 bits per heavy atom. The third kappa shape index (κ3) is 17.0. The molecule has 0 unspecified atom stereocenters. The number of ether oxygens (including phenoxy) is 3. The lowest BCUT2D eigenvalue weighted by Gasteiger charge is -2.33. The summed E-state index contributed by atoms with van der Waals surface area (Å²) in [6, 6.07) is 0. The fourth-order valence-corrected chi connectivity index (χ4v) is 4.65. The summed E-state index contributed by atoms with van der Waals surface area (Å²) in [5, 5.41) is 0.522. The molecular formula is C32H55N5O10. The van der Waals surface area contributed by atoms with Gasteiger partial charge < -0.3 is 19.0 Å². The molecule has 2 saturated heterocycles. The number of carbonyl (C=O) groups excluding carboxylic acids is 6. The predicted molar refractivity (Wildman–Crippen MR) is 170 cm³/mol. The number of nitrogens with zero attached hydrogens (tertiary/aromatic N) is 5. The normalized spacial score (nSPS) is 18.4. The second kappa shape index (κ2) is 21.0. The van der Waals surface area contributed by atoms with Crippen molar-refractivity contribution in [1.29, 1.82) is 0 Å². The SMILES string of the molecule is CC(C)COC(=O)CN1CCN(CC(=O)OCC(C)C)CCN(CC(=O)ON2C(=O)CCC2=O)CCN(CC(=O)OCC(C)C)CC1. The highest BCUT2D eigenvalue weighted by Crippen LogP contribution is 2.12. The number of hydrogen-bond donors (Lipinski definition) is 0. The summed E-state index contributed by atoms with van der Waals surface area (Å²) in [4.78, 5) is 87.6. The first-order chi connectivity index (χ1) is 22.2. The maximum atomic E-state index is 12.9. The van der Waals surface area contributed by atoms with Crippen LogP contribution in [0.2, 0.25) is 0 Å². The molecule has 0 radical (unpaired) electrons. The van der Waals surface area contributed by atoms with E-state index in [0.717, 1.165) is 0 Å². The molecule has 0 atom stereocenters. The summed E-state index contributed by atoms with van der Waals surface area (Å²) in [5.74, 6) is -2.44. The first-order valence-corrected chi connectivity index (χ1v) is 16.6. The lowest BCUT2D eigenvalue weighted by atomic mass is 10.2. The van der Waals surface area contributed by atoms with Crippen molar-refractivity contribution in [3.63, 3.8) is 0 Å². The van der Waals surface area contributed by atoms with Gasteiger partial charge in [0.2, 0.25) is 0 Å². The fraction of sp³-hybridized carbons (Fsp3) is 0.812. The Balaban J connectivity index is 2.22. The Labute approximate surface area is 278 Å². The van der Waals surface area contributed by atoms with E-state index in [4.69, 9.17) is 19.0 Å². The van der Waals surface area contributed by atoms with E-state index in [1.54, 1.807) is 4.90 Å². The summed E-state index contributed by atoms with van der Waals surface area (Å²) in [5.41, 5.74) is 0. The Morgan fingerprint density at radius 1 is 0.489 bits per heavy atom. The summed E-state index contributed by atoms with van der Waals surface area (Å²) in [6.45, 7) is 15.6. The van der Waals surface area contributed by atoms with Crippen molar-refractivity contribution in [3.05, 3.63) is 0 Å². The molecule has 2 fully saturated rings. The highest BCUT2D eigenvalue weighted by atomic mass is 16.7. The quantitative estimate of drug-likeness (QED) is 0.134. The van der Waals surface area contributed by atoms with E-state index in [2.05, 4.69) is 0 Å². The maximum Gasteiger partial charge on any atom is 0.347 e. The zero-order chi connectivity index (χ0) is 34.9. The molecule has 0 aromatic heterocycles. The first kappa shape index (κ1) is 40.0. The van der Waals surface area contributed by atoms with Crippen molar-refractivity contribution >= 4 is 35.7 Å². The molecule has 2 aliphatic rings. The zero-order valence-electron chi connectivity index (χ0n) is 29.1. The summed E-state index contributed by atoms with van der Waals surface area (Å²) in [7, 11) is 0. The van der Waals surface area contributed by atoms with Crippen LogP contribution < -0.4 is 0 Å². The Morgan fingerprint density at radius 2 is 0.745 bits per heavy atom. The third-order valence-corrected chi connectivity index (χ3v) is 7.27. The minimum absolute atomic E-state index is 0.00791. The number of hydrogen-bond acceptors (Lipinski definition) is 14. The highest BCUT2D eigenvalue weighted by molar-refractivity contribution is 6.01.